The van der Waals surface area contributed by atoms with Crippen molar-refractivity contribution in [3.8, 4) is 0 Å². The van der Waals surface area contributed by atoms with Gasteiger partial charge in [0.05, 0.1) is 23.9 Å². The third-order valence-corrected chi connectivity index (χ3v) is 5.09. The maximum absolute atomic E-state index is 12.3. The third-order valence-electron chi connectivity index (χ3n) is 4.01. The molecule has 6 nitrogen and oxygen atoms in total. The van der Waals surface area contributed by atoms with Crippen molar-refractivity contribution < 1.29 is 23.9 Å². The molecule has 0 aliphatic rings. The molecule has 30 heavy (non-hydrogen) atoms. The first-order valence-electron chi connectivity index (χ1n) is 9.04. The van der Waals surface area contributed by atoms with Gasteiger partial charge in [-0.05, 0) is 48.5 Å². The van der Waals surface area contributed by atoms with Gasteiger partial charge in [0, 0.05) is 9.79 Å². The first kappa shape index (κ1) is 21.1. The number of para-hydroxylation sites is 1. The van der Waals surface area contributed by atoms with Crippen molar-refractivity contribution in [2.45, 2.75) is 9.79 Å². The Balaban J connectivity index is 1.57. The lowest BCUT2D eigenvalue weighted by Gasteiger charge is -2.11. The topological polar surface area (TPSA) is 81.7 Å². The number of esters is 2. The normalized spacial score (nSPS) is 10.2. The lowest BCUT2D eigenvalue weighted by atomic mass is 10.1. The van der Waals surface area contributed by atoms with Gasteiger partial charge in [0.15, 0.2) is 6.61 Å². The molecule has 0 saturated heterocycles. The molecule has 0 bridgehead atoms. The summed E-state index contributed by atoms with van der Waals surface area (Å²) in [6.07, 6.45) is 0. The van der Waals surface area contributed by atoms with E-state index < -0.39 is 24.5 Å². The second-order valence-corrected chi connectivity index (χ2v) is 7.22. The van der Waals surface area contributed by atoms with Crippen molar-refractivity contribution in [2.75, 3.05) is 19.0 Å². The summed E-state index contributed by atoms with van der Waals surface area (Å²) >= 11 is 1.52. The molecule has 3 aromatic rings. The number of hydrogen-bond acceptors (Lipinski definition) is 6. The van der Waals surface area contributed by atoms with Crippen molar-refractivity contribution in [3.63, 3.8) is 0 Å². The minimum absolute atomic E-state index is 0.232. The van der Waals surface area contributed by atoms with Crippen LogP contribution in [0.25, 0.3) is 0 Å². The standard InChI is InChI=1S/C23H19NO5S/c1-28-22(26)16-11-13-17(14-12-16)23(27)29-15-21(25)24-19-9-5-6-10-20(19)30-18-7-3-2-4-8-18/h2-14H,15H2,1H3,(H,24,25). The number of carbonyl (C=O) groups excluding carboxylic acids is 3. The van der Waals surface area contributed by atoms with Crippen molar-refractivity contribution in [1.82, 2.24) is 0 Å². The SMILES string of the molecule is COC(=O)c1ccc(C(=O)OCC(=O)Nc2ccccc2Sc2ccccc2)cc1. The van der Waals surface area contributed by atoms with Crippen molar-refractivity contribution in [2.24, 2.45) is 0 Å². The van der Waals surface area contributed by atoms with E-state index in [9.17, 15) is 14.4 Å². The second kappa shape index (κ2) is 10.3. The highest BCUT2D eigenvalue weighted by atomic mass is 32.2. The van der Waals surface area contributed by atoms with Crippen LogP contribution in [-0.4, -0.2) is 31.6 Å². The number of carbonyl (C=O) groups is 3. The molecule has 0 fully saturated rings. The Labute approximate surface area is 178 Å². The van der Waals surface area contributed by atoms with Gasteiger partial charge in [-0.1, -0.05) is 42.1 Å². The van der Waals surface area contributed by atoms with Gasteiger partial charge in [0.1, 0.15) is 0 Å². The van der Waals surface area contributed by atoms with Gasteiger partial charge in [0.2, 0.25) is 0 Å². The van der Waals surface area contributed by atoms with Crippen LogP contribution in [0.4, 0.5) is 5.69 Å². The highest BCUT2D eigenvalue weighted by Crippen LogP contribution is 2.33. The Morgan fingerprint density at radius 3 is 2.07 bits per heavy atom. The zero-order chi connectivity index (χ0) is 21.3. The summed E-state index contributed by atoms with van der Waals surface area (Å²) in [5.74, 6) is -1.61. The molecule has 3 aromatic carbocycles. The van der Waals surface area contributed by atoms with Crippen molar-refractivity contribution in [1.29, 1.82) is 0 Å². The van der Waals surface area contributed by atoms with Crippen LogP contribution >= 0.6 is 11.8 Å². The lowest BCUT2D eigenvalue weighted by Crippen LogP contribution is -2.21. The fraction of sp³-hybridized carbons (Fsp3) is 0.0870. The van der Waals surface area contributed by atoms with Gasteiger partial charge in [-0.3, -0.25) is 4.79 Å². The summed E-state index contributed by atoms with van der Waals surface area (Å²) in [5.41, 5.74) is 1.18. The average molecular weight is 421 g/mol. The quantitative estimate of drug-likeness (QED) is 0.569. The number of benzene rings is 3. The number of hydrogen-bond donors (Lipinski definition) is 1. The smallest absolute Gasteiger partial charge is 0.338 e. The van der Waals surface area contributed by atoms with Crippen LogP contribution in [0.2, 0.25) is 0 Å². The monoisotopic (exact) mass is 421 g/mol. The molecule has 0 aliphatic carbocycles. The summed E-state index contributed by atoms with van der Waals surface area (Å²) in [6.45, 7) is -0.429. The molecule has 0 aliphatic heterocycles. The van der Waals surface area contributed by atoms with Crippen LogP contribution in [0.3, 0.4) is 0 Å². The summed E-state index contributed by atoms with van der Waals surface area (Å²) < 4.78 is 9.68. The van der Waals surface area contributed by atoms with Crippen LogP contribution in [0, 0.1) is 0 Å². The zero-order valence-electron chi connectivity index (χ0n) is 16.2. The molecule has 0 heterocycles. The molecule has 3 rings (SSSR count). The molecule has 7 heteroatoms. The third kappa shape index (κ3) is 5.71. The molecule has 0 saturated carbocycles. The molecule has 0 unspecified atom stereocenters. The van der Waals surface area contributed by atoms with E-state index in [1.165, 1.54) is 43.1 Å². The Morgan fingerprint density at radius 1 is 0.800 bits per heavy atom. The Bertz CT molecular complexity index is 1030. The fourth-order valence-corrected chi connectivity index (χ4v) is 3.46. The van der Waals surface area contributed by atoms with Crippen LogP contribution in [0.15, 0.2) is 88.7 Å². The Kier molecular flexibility index (Phi) is 7.24. The van der Waals surface area contributed by atoms with E-state index in [1.54, 1.807) is 6.07 Å². The Morgan fingerprint density at radius 2 is 1.40 bits per heavy atom. The molecule has 0 atom stereocenters. The molecule has 0 spiro atoms. The van der Waals surface area contributed by atoms with Crippen LogP contribution in [0.1, 0.15) is 20.7 Å². The highest BCUT2D eigenvalue weighted by Gasteiger charge is 2.13. The number of rotatable bonds is 7. The van der Waals surface area contributed by atoms with E-state index in [2.05, 4.69) is 10.1 Å². The van der Waals surface area contributed by atoms with Crippen LogP contribution in [0.5, 0.6) is 0 Å². The van der Waals surface area contributed by atoms with Gasteiger partial charge in [-0.25, -0.2) is 9.59 Å². The molecule has 1 N–H and O–H groups in total. The maximum atomic E-state index is 12.3. The second-order valence-electron chi connectivity index (χ2n) is 6.10. The molecule has 152 valence electrons. The lowest BCUT2D eigenvalue weighted by molar-refractivity contribution is -0.119. The highest BCUT2D eigenvalue weighted by molar-refractivity contribution is 7.99. The number of methoxy groups -OCH3 is 1. The van der Waals surface area contributed by atoms with E-state index in [-0.39, 0.29) is 5.56 Å². The molecular weight excluding hydrogens is 402 g/mol. The van der Waals surface area contributed by atoms with Gasteiger partial charge < -0.3 is 14.8 Å². The summed E-state index contributed by atoms with van der Waals surface area (Å²) in [5, 5.41) is 2.77. The number of nitrogens with one attached hydrogen (secondary N) is 1. The fourth-order valence-electron chi connectivity index (χ4n) is 2.54. The Hall–Kier alpha value is -3.58. The van der Waals surface area contributed by atoms with E-state index in [4.69, 9.17) is 4.74 Å². The number of anilines is 1. The van der Waals surface area contributed by atoms with E-state index in [0.717, 1.165) is 9.79 Å². The summed E-state index contributed by atoms with van der Waals surface area (Å²) in [4.78, 5) is 37.8. The minimum atomic E-state index is -0.659. The van der Waals surface area contributed by atoms with Gasteiger partial charge in [0.25, 0.3) is 5.91 Å². The average Bonchev–Trinajstić information content (AvgIpc) is 2.79. The predicted octanol–water partition coefficient (Wildman–Crippen LogP) is 4.42. The predicted molar refractivity (Wildman–Crippen MR) is 114 cm³/mol. The maximum Gasteiger partial charge on any atom is 0.338 e. The van der Waals surface area contributed by atoms with Gasteiger partial charge in [-0.2, -0.15) is 0 Å². The van der Waals surface area contributed by atoms with E-state index >= 15 is 0 Å². The molecule has 1 amide bonds. The van der Waals surface area contributed by atoms with Crippen molar-refractivity contribution >= 4 is 35.3 Å². The number of ether oxygens (including phenoxy) is 2. The largest absolute Gasteiger partial charge is 0.465 e. The number of amides is 1. The summed E-state index contributed by atoms with van der Waals surface area (Å²) in [6, 6.07) is 23.0. The van der Waals surface area contributed by atoms with Crippen LogP contribution in [-0.2, 0) is 14.3 Å². The molecule has 0 aromatic heterocycles. The zero-order valence-corrected chi connectivity index (χ0v) is 17.0. The van der Waals surface area contributed by atoms with Gasteiger partial charge in [-0.15, -0.1) is 0 Å². The van der Waals surface area contributed by atoms with E-state index in [0.29, 0.717) is 11.3 Å². The summed E-state index contributed by atoms with van der Waals surface area (Å²) in [7, 11) is 1.28. The molecular formula is C23H19NO5S. The first-order chi connectivity index (χ1) is 14.6. The van der Waals surface area contributed by atoms with Gasteiger partial charge >= 0.3 is 11.9 Å². The van der Waals surface area contributed by atoms with Crippen molar-refractivity contribution in [3.05, 3.63) is 90.0 Å². The van der Waals surface area contributed by atoms with E-state index in [1.807, 2.05) is 48.5 Å². The van der Waals surface area contributed by atoms with Crippen LogP contribution < -0.4 is 5.32 Å². The first-order valence-corrected chi connectivity index (χ1v) is 9.86. The molecule has 0 radical (unpaired) electrons. The minimum Gasteiger partial charge on any atom is -0.465 e.